The highest BCUT2D eigenvalue weighted by Crippen LogP contribution is 2.34. The molecule has 0 aromatic heterocycles. The molecule has 0 aliphatic heterocycles. The van der Waals surface area contributed by atoms with Crippen LogP contribution in [0.3, 0.4) is 0 Å². The van der Waals surface area contributed by atoms with Gasteiger partial charge in [-0.25, -0.2) is 0 Å². The number of hydrogen-bond donors (Lipinski definition) is 1. The van der Waals surface area contributed by atoms with Crippen LogP contribution in [0.4, 0.5) is 5.69 Å². The molecule has 2 rings (SSSR count). The fourth-order valence-corrected chi connectivity index (χ4v) is 2.94. The molecule has 22 heavy (non-hydrogen) atoms. The van der Waals surface area contributed by atoms with Crippen molar-refractivity contribution in [2.45, 2.75) is 6.54 Å². The van der Waals surface area contributed by atoms with Crippen LogP contribution in [0.2, 0.25) is 20.1 Å². The third-order valence-electron chi connectivity index (χ3n) is 2.82. The lowest BCUT2D eigenvalue weighted by atomic mass is 10.2. The van der Waals surface area contributed by atoms with Gasteiger partial charge in [0.15, 0.2) is 5.75 Å². The summed E-state index contributed by atoms with van der Waals surface area (Å²) in [6.07, 6.45) is 1.63. The topological polar surface area (TPSA) is 21.3 Å². The van der Waals surface area contributed by atoms with Crippen molar-refractivity contribution in [1.29, 1.82) is 0 Å². The van der Waals surface area contributed by atoms with Gasteiger partial charge in [-0.05, 0) is 35.9 Å². The second-order valence-electron chi connectivity index (χ2n) is 4.47. The van der Waals surface area contributed by atoms with Crippen LogP contribution in [0.15, 0.2) is 43.0 Å². The largest absolute Gasteiger partial charge is 0.486 e. The fourth-order valence-electron chi connectivity index (χ4n) is 1.82. The van der Waals surface area contributed by atoms with E-state index in [1.165, 1.54) is 0 Å². The molecule has 0 fully saturated rings. The molecule has 2 aromatic carbocycles. The van der Waals surface area contributed by atoms with Crippen molar-refractivity contribution < 1.29 is 4.74 Å². The van der Waals surface area contributed by atoms with E-state index >= 15 is 0 Å². The summed E-state index contributed by atoms with van der Waals surface area (Å²) >= 11 is 24.4. The number of hydrogen-bond acceptors (Lipinski definition) is 2. The lowest BCUT2D eigenvalue weighted by Crippen LogP contribution is -2.01. The monoisotopic (exact) mass is 375 g/mol. The van der Waals surface area contributed by atoms with Crippen LogP contribution in [-0.4, -0.2) is 6.61 Å². The van der Waals surface area contributed by atoms with Crippen LogP contribution >= 0.6 is 46.4 Å². The van der Waals surface area contributed by atoms with Crippen molar-refractivity contribution in [3.8, 4) is 5.75 Å². The van der Waals surface area contributed by atoms with Gasteiger partial charge in [0.05, 0.1) is 20.8 Å². The van der Waals surface area contributed by atoms with Crippen molar-refractivity contribution in [1.82, 2.24) is 0 Å². The first-order chi connectivity index (χ1) is 10.5. The SMILES string of the molecule is C=CCOc1c(Cl)cc(CNc2ccc(Cl)cc2Cl)cc1Cl. The number of ether oxygens (including phenoxy) is 1. The van der Waals surface area contributed by atoms with Crippen LogP contribution in [-0.2, 0) is 6.54 Å². The maximum Gasteiger partial charge on any atom is 0.156 e. The van der Waals surface area contributed by atoms with E-state index in [-0.39, 0.29) is 0 Å². The van der Waals surface area contributed by atoms with Crippen LogP contribution in [0.5, 0.6) is 5.75 Å². The Morgan fingerprint density at radius 3 is 2.27 bits per heavy atom. The average Bonchev–Trinajstić information content (AvgIpc) is 2.45. The van der Waals surface area contributed by atoms with E-state index < -0.39 is 0 Å². The number of benzene rings is 2. The first-order valence-corrected chi connectivity index (χ1v) is 7.93. The fraction of sp³-hybridized carbons (Fsp3) is 0.125. The van der Waals surface area contributed by atoms with Gasteiger partial charge in [0.2, 0.25) is 0 Å². The molecule has 2 aromatic rings. The second-order valence-corrected chi connectivity index (χ2v) is 6.12. The zero-order chi connectivity index (χ0) is 16.1. The van der Waals surface area contributed by atoms with Gasteiger partial charge in [0.1, 0.15) is 6.61 Å². The normalized spacial score (nSPS) is 10.4. The molecule has 6 heteroatoms. The molecule has 0 saturated heterocycles. The van der Waals surface area contributed by atoms with E-state index in [9.17, 15) is 0 Å². The molecule has 0 spiro atoms. The van der Waals surface area contributed by atoms with Crippen LogP contribution in [0.1, 0.15) is 5.56 Å². The second kappa shape index (κ2) is 7.98. The summed E-state index contributed by atoms with van der Waals surface area (Å²) in [6.45, 7) is 4.45. The minimum Gasteiger partial charge on any atom is -0.486 e. The molecule has 0 aliphatic rings. The number of rotatable bonds is 6. The molecule has 2 nitrogen and oxygen atoms in total. The standard InChI is InChI=1S/C16H13Cl4NO/c1-2-5-22-16-13(19)6-10(7-14(16)20)9-21-15-4-3-11(17)8-12(15)18/h2-4,6-8,21H,1,5,9H2. The van der Waals surface area contributed by atoms with Crippen LogP contribution in [0.25, 0.3) is 0 Å². The van der Waals surface area contributed by atoms with Gasteiger partial charge in [-0.2, -0.15) is 0 Å². The number of halogens is 4. The predicted molar refractivity (Wildman–Crippen MR) is 95.9 cm³/mol. The highest BCUT2D eigenvalue weighted by atomic mass is 35.5. The molecule has 0 amide bonds. The molecule has 0 atom stereocenters. The molecule has 1 N–H and O–H groups in total. The van der Waals surface area contributed by atoms with E-state index in [2.05, 4.69) is 11.9 Å². The van der Waals surface area contributed by atoms with Crippen molar-refractivity contribution in [3.63, 3.8) is 0 Å². The molecule has 0 saturated carbocycles. The number of anilines is 1. The zero-order valence-electron chi connectivity index (χ0n) is 11.5. The Kier molecular flexibility index (Phi) is 6.27. The zero-order valence-corrected chi connectivity index (χ0v) is 14.5. The summed E-state index contributed by atoms with van der Waals surface area (Å²) in [5, 5.41) is 5.25. The number of nitrogens with one attached hydrogen (secondary N) is 1. The molecule has 0 heterocycles. The first-order valence-electron chi connectivity index (χ1n) is 6.42. The Balaban J connectivity index is 2.11. The lowest BCUT2D eigenvalue weighted by Gasteiger charge is -2.12. The molecule has 0 bridgehead atoms. The summed E-state index contributed by atoms with van der Waals surface area (Å²) in [7, 11) is 0. The Hall–Kier alpha value is -1.06. The van der Waals surface area contributed by atoms with Gasteiger partial charge in [-0.3, -0.25) is 0 Å². The minimum absolute atomic E-state index is 0.345. The molecular formula is C16H13Cl4NO. The smallest absolute Gasteiger partial charge is 0.156 e. The molecular weight excluding hydrogens is 364 g/mol. The van der Waals surface area contributed by atoms with E-state index in [1.807, 2.05) is 6.07 Å². The average molecular weight is 377 g/mol. The van der Waals surface area contributed by atoms with Gasteiger partial charge >= 0.3 is 0 Å². The molecule has 0 aliphatic carbocycles. The first kappa shape index (κ1) is 17.3. The van der Waals surface area contributed by atoms with E-state index in [0.717, 1.165) is 11.3 Å². The Morgan fingerprint density at radius 1 is 1.00 bits per heavy atom. The van der Waals surface area contributed by atoms with Crippen molar-refractivity contribution >= 4 is 52.1 Å². The van der Waals surface area contributed by atoms with Gasteiger partial charge in [-0.15, -0.1) is 0 Å². The summed E-state index contributed by atoms with van der Waals surface area (Å²) in [4.78, 5) is 0. The van der Waals surface area contributed by atoms with E-state index in [1.54, 1.807) is 30.3 Å². The Morgan fingerprint density at radius 2 is 1.68 bits per heavy atom. The Labute approximate surface area is 149 Å². The molecule has 116 valence electrons. The van der Waals surface area contributed by atoms with Gasteiger partial charge in [-0.1, -0.05) is 59.1 Å². The highest BCUT2D eigenvalue weighted by molar-refractivity contribution is 6.37. The summed E-state index contributed by atoms with van der Waals surface area (Å²) in [5.74, 6) is 0.455. The summed E-state index contributed by atoms with van der Waals surface area (Å²) in [5.41, 5.74) is 1.69. The third kappa shape index (κ3) is 4.47. The quantitative estimate of drug-likeness (QED) is 0.582. The van der Waals surface area contributed by atoms with Gasteiger partial charge in [0.25, 0.3) is 0 Å². The van der Waals surface area contributed by atoms with E-state index in [4.69, 9.17) is 51.1 Å². The van der Waals surface area contributed by atoms with Crippen molar-refractivity contribution in [2.24, 2.45) is 0 Å². The predicted octanol–water partition coefficient (Wildman–Crippen LogP) is 6.48. The maximum absolute atomic E-state index is 6.19. The van der Waals surface area contributed by atoms with Crippen LogP contribution < -0.4 is 10.1 Å². The maximum atomic E-state index is 6.19. The molecule has 0 unspecified atom stereocenters. The third-order valence-corrected chi connectivity index (χ3v) is 3.93. The molecule has 0 radical (unpaired) electrons. The Bertz CT molecular complexity index is 665. The van der Waals surface area contributed by atoms with E-state index in [0.29, 0.717) is 39.0 Å². The van der Waals surface area contributed by atoms with Crippen molar-refractivity contribution in [3.05, 3.63) is 68.6 Å². The van der Waals surface area contributed by atoms with Gasteiger partial charge in [0, 0.05) is 11.6 Å². The van der Waals surface area contributed by atoms with Gasteiger partial charge < -0.3 is 10.1 Å². The lowest BCUT2D eigenvalue weighted by molar-refractivity contribution is 0.363. The van der Waals surface area contributed by atoms with Crippen molar-refractivity contribution in [2.75, 3.05) is 11.9 Å². The minimum atomic E-state index is 0.345. The highest BCUT2D eigenvalue weighted by Gasteiger charge is 2.10. The summed E-state index contributed by atoms with van der Waals surface area (Å²) in [6, 6.07) is 8.85. The summed E-state index contributed by atoms with van der Waals surface area (Å²) < 4.78 is 5.43. The van der Waals surface area contributed by atoms with Crippen LogP contribution in [0, 0.1) is 0 Å².